The van der Waals surface area contributed by atoms with Crippen LogP contribution in [0.5, 0.6) is 5.75 Å². The van der Waals surface area contributed by atoms with Crippen molar-refractivity contribution >= 4 is 17.5 Å². The predicted octanol–water partition coefficient (Wildman–Crippen LogP) is 2.38. The summed E-state index contributed by atoms with van der Waals surface area (Å²) >= 11 is 0. The van der Waals surface area contributed by atoms with Gasteiger partial charge in [-0.3, -0.25) is 14.5 Å². The SMILES string of the molecule is CCC(=O)c1ccc(OCC(=O)NC(C)CN2CCN(c3ccccn3)CC2)cc1. The molecule has 1 N–H and O–H groups in total. The number of ketones is 1. The van der Waals surface area contributed by atoms with Crippen molar-refractivity contribution < 1.29 is 14.3 Å². The van der Waals surface area contributed by atoms with Crippen molar-refractivity contribution in [2.75, 3.05) is 44.2 Å². The molecule has 1 aromatic heterocycles. The van der Waals surface area contributed by atoms with Gasteiger partial charge in [0.25, 0.3) is 5.91 Å². The van der Waals surface area contributed by atoms with E-state index in [1.165, 1.54) is 0 Å². The topological polar surface area (TPSA) is 74.8 Å². The lowest BCUT2D eigenvalue weighted by Crippen LogP contribution is -2.51. The van der Waals surface area contributed by atoms with Gasteiger partial charge in [-0.1, -0.05) is 13.0 Å². The summed E-state index contributed by atoms with van der Waals surface area (Å²) in [4.78, 5) is 32.9. The Morgan fingerprint density at radius 2 is 1.83 bits per heavy atom. The van der Waals surface area contributed by atoms with Gasteiger partial charge in [0.05, 0.1) is 0 Å². The molecule has 2 heterocycles. The lowest BCUT2D eigenvalue weighted by atomic mass is 10.1. The molecular weight excluding hydrogens is 380 g/mol. The number of hydrogen-bond donors (Lipinski definition) is 1. The van der Waals surface area contributed by atoms with E-state index in [0.717, 1.165) is 38.5 Å². The van der Waals surface area contributed by atoms with E-state index in [2.05, 4.69) is 20.1 Å². The number of amides is 1. The van der Waals surface area contributed by atoms with Crippen molar-refractivity contribution in [3.63, 3.8) is 0 Å². The number of Topliss-reactive ketones (excluding diaryl/α,β-unsaturated/α-hetero) is 1. The van der Waals surface area contributed by atoms with Crippen LogP contribution in [-0.2, 0) is 4.79 Å². The van der Waals surface area contributed by atoms with Crippen LogP contribution < -0.4 is 15.0 Å². The molecule has 0 aliphatic carbocycles. The minimum atomic E-state index is -0.150. The molecule has 1 amide bonds. The first-order chi connectivity index (χ1) is 14.5. The number of anilines is 1. The van der Waals surface area contributed by atoms with Gasteiger partial charge < -0.3 is 15.0 Å². The standard InChI is InChI=1S/C23H30N4O3/c1-3-21(28)19-7-9-20(10-8-19)30-17-23(29)25-18(2)16-26-12-14-27(15-13-26)22-6-4-5-11-24-22/h4-11,18H,3,12-17H2,1-2H3,(H,25,29). The van der Waals surface area contributed by atoms with Gasteiger partial charge in [-0.15, -0.1) is 0 Å². The zero-order valence-electron chi connectivity index (χ0n) is 17.7. The van der Waals surface area contributed by atoms with Crippen molar-refractivity contribution in [3.8, 4) is 5.75 Å². The highest BCUT2D eigenvalue weighted by atomic mass is 16.5. The first-order valence-corrected chi connectivity index (χ1v) is 10.5. The fourth-order valence-electron chi connectivity index (χ4n) is 3.54. The molecule has 1 atom stereocenters. The molecule has 1 saturated heterocycles. The summed E-state index contributed by atoms with van der Waals surface area (Å²) in [5.74, 6) is 1.54. The molecule has 160 valence electrons. The number of aromatic nitrogens is 1. The number of nitrogens with zero attached hydrogens (tertiary/aromatic N) is 3. The predicted molar refractivity (Wildman–Crippen MR) is 117 cm³/mol. The third-order valence-corrected chi connectivity index (χ3v) is 5.15. The summed E-state index contributed by atoms with van der Waals surface area (Å²) < 4.78 is 5.54. The van der Waals surface area contributed by atoms with Gasteiger partial charge in [-0.05, 0) is 43.3 Å². The van der Waals surface area contributed by atoms with Crippen LogP contribution in [0.1, 0.15) is 30.6 Å². The second-order valence-electron chi connectivity index (χ2n) is 7.53. The molecular formula is C23H30N4O3. The van der Waals surface area contributed by atoms with Gasteiger partial charge in [0.15, 0.2) is 12.4 Å². The smallest absolute Gasteiger partial charge is 0.258 e. The highest BCUT2D eigenvalue weighted by molar-refractivity contribution is 5.95. The molecule has 7 nitrogen and oxygen atoms in total. The molecule has 2 aromatic rings. The summed E-state index contributed by atoms with van der Waals surface area (Å²) in [5, 5.41) is 2.99. The van der Waals surface area contributed by atoms with Gasteiger partial charge in [-0.2, -0.15) is 0 Å². The van der Waals surface area contributed by atoms with Crippen LogP contribution in [0.4, 0.5) is 5.82 Å². The van der Waals surface area contributed by atoms with Crippen molar-refractivity contribution in [3.05, 3.63) is 54.2 Å². The summed E-state index contributed by atoms with van der Waals surface area (Å²) in [6.07, 6.45) is 2.29. The maximum absolute atomic E-state index is 12.2. The average molecular weight is 411 g/mol. The Hall–Kier alpha value is -2.93. The molecule has 0 radical (unpaired) electrons. The van der Waals surface area contributed by atoms with E-state index in [-0.39, 0.29) is 24.3 Å². The van der Waals surface area contributed by atoms with Gasteiger partial charge in [0, 0.05) is 56.9 Å². The van der Waals surface area contributed by atoms with Gasteiger partial charge in [0.2, 0.25) is 0 Å². The molecule has 1 aliphatic rings. The minimum absolute atomic E-state index is 0.0343. The summed E-state index contributed by atoms with van der Waals surface area (Å²) in [6, 6.07) is 12.9. The van der Waals surface area contributed by atoms with E-state index in [4.69, 9.17) is 4.74 Å². The Balaban J connectivity index is 1.36. The van der Waals surface area contributed by atoms with Gasteiger partial charge in [0.1, 0.15) is 11.6 Å². The first kappa shape index (κ1) is 21.8. The third-order valence-electron chi connectivity index (χ3n) is 5.15. The van der Waals surface area contributed by atoms with Crippen molar-refractivity contribution in [1.29, 1.82) is 0 Å². The van der Waals surface area contributed by atoms with Gasteiger partial charge >= 0.3 is 0 Å². The van der Waals surface area contributed by atoms with Crippen LogP contribution >= 0.6 is 0 Å². The van der Waals surface area contributed by atoms with Crippen LogP contribution in [0.2, 0.25) is 0 Å². The highest BCUT2D eigenvalue weighted by Crippen LogP contribution is 2.14. The van der Waals surface area contributed by atoms with Crippen molar-refractivity contribution in [1.82, 2.24) is 15.2 Å². The number of carbonyl (C=O) groups excluding carboxylic acids is 2. The Bertz CT molecular complexity index is 818. The van der Waals surface area contributed by atoms with Crippen LogP contribution in [0, 0.1) is 0 Å². The number of piperazine rings is 1. The average Bonchev–Trinajstić information content (AvgIpc) is 2.78. The third kappa shape index (κ3) is 6.29. The highest BCUT2D eigenvalue weighted by Gasteiger charge is 2.20. The zero-order valence-corrected chi connectivity index (χ0v) is 17.7. The molecule has 1 unspecified atom stereocenters. The van der Waals surface area contributed by atoms with E-state index in [0.29, 0.717) is 17.7 Å². The second kappa shape index (κ2) is 10.7. The molecule has 1 aliphatic heterocycles. The monoisotopic (exact) mass is 410 g/mol. The van der Waals surface area contributed by atoms with E-state index in [1.807, 2.05) is 38.2 Å². The normalized spacial score (nSPS) is 15.5. The van der Waals surface area contributed by atoms with Crippen LogP contribution in [-0.4, -0.2) is 66.9 Å². The molecule has 1 fully saturated rings. The zero-order chi connectivity index (χ0) is 21.3. The largest absolute Gasteiger partial charge is 0.484 e. The number of nitrogens with one attached hydrogen (secondary N) is 1. The maximum atomic E-state index is 12.2. The van der Waals surface area contributed by atoms with E-state index < -0.39 is 0 Å². The maximum Gasteiger partial charge on any atom is 0.258 e. The lowest BCUT2D eigenvalue weighted by Gasteiger charge is -2.36. The molecule has 7 heteroatoms. The fourth-order valence-corrected chi connectivity index (χ4v) is 3.54. The van der Waals surface area contributed by atoms with Crippen LogP contribution in [0.3, 0.4) is 0 Å². The Morgan fingerprint density at radius 1 is 1.10 bits per heavy atom. The van der Waals surface area contributed by atoms with E-state index >= 15 is 0 Å². The van der Waals surface area contributed by atoms with Crippen molar-refractivity contribution in [2.24, 2.45) is 0 Å². The Kier molecular flexibility index (Phi) is 7.79. The Labute approximate surface area is 178 Å². The summed E-state index contributed by atoms with van der Waals surface area (Å²) in [6.45, 7) is 8.34. The van der Waals surface area contributed by atoms with Crippen molar-refractivity contribution in [2.45, 2.75) is 26.3 Å². The number of pyridine rings is 1. The number of hydrogen-bond acceptors (Lipinski definition) is 6. The van der Waals surface area contributed by atoms with Crippen LogP contribution in [0.15, 0.2) is 48.7 Å². The number of benzene rings is 1. The molecule has 0 bridgehead atoms. The molecule has 30 heavy (non-hydrogen) atoms. The molecule has 3 rings (SSSR count). The van der Waals surface area contributed by atoms with Gasteiger partial charge in [-0.25, -0.2) is 4.98 Å². The quantitative estimate of drug-likeness (QED) is 0.640. The molecule has 1 aromatic carbocycles. The van der Waals surface area contributed by atoms with Crippen LogP contribution in [0.25, 0.3) is 0 Å². The fraction of sp³-hybridized carbons (Fsp3) is 0.435. The lowest BCUT2D eigenvalue weighted by molar-refractivity contribution is -0.123. The summed E-state index contributed by atoms with van der Waals surface area (Å²) in [5.41, 5.74) is 0.658. The van der Waals surface area contributed by atoms with E-state index in [1.54, 1.807) is 24.3 Å². The Morgan fingerprint density at radius 3 is 2.47 bits per heavy atom. The molecule has 0 saturated carbocycles. The number of ether oxygens (including phenoxy) is 1. The summed E-state index contributed by atoms with van der Waals surface area (Å²) in [7, 11) is 0. The molecule has 0 spiro atoms. The number of carbonyl (C=O) groups is 2. The minimum Gasteiger partial charge on any atom is -0.484 e. The second-order valence-corrected chi connectivity index (χ2v) is 7.53. The first-order valence-electron chi connectivity index (χ1n) is 10.5. The number of rotatable bonds is 9. The van der Waals surface area contributed by atoms with E-state index in [9.17, 15) is 9.59 Å².